The molecule has 0 aliphatic carbocycles. The molecule has 0 unspecified atom stereocenters. The lowest BCUT2D eigenvalue weighted by Crippen LogP contribution is -2.35. The van der Waals surface area contributed by atoms with Gasteiger partial charge in [0.15, 0.2) is 0 Å². The zero-order valence-corrected chi connectivity index (χ0v) is 15.7. The minimum absolute atomic E-state index is 0.0956. The van der Waals surface area contributed by atoms with Crippen LogP contribution in [0.4, 0.5) is 5.69 Å². The first-order valence-electron chi connectivity index (χ1n) is 8.60. The van der Waals surface area contributed by atoms with E-state index in [1.54, 1.807) is 7.05 Å². The van der Waals surface area contributed by atoms with Crippen LogP contribution in [0.2, 0.25) is 0 Å². The van der Waals surface area contributed by atoms with Crippen molar-refractivity contribution in [2.45, 2.75) is 24.2 Å². The van der Waals surface area contributed by atoms with Crippen molar-refractivity contribution in [3.8, 4) is 0 Å². The smallest absolute Gasteiger partial charge is 0.335 e. The van der Waals surface area contributed by atoms with E-state index >= 15 is 0 Å². The summed E-state index contributed by atoms with van der Waals surface area (Å²) in [6, 6.07) is 7.10. The number of carboxylic acids is 1. The Bertz CT molecular complexity index is 957. The first-order valence-corrected chi connectivity index (χ1v) is 10.0. The summed E-state index contributed by atoms with van der Waals surface area (Å²) in [5.41, 5.74) is 0.737. The molecule has 1 fully saturated rings. The number of amides is 1. The predicted octanol–water partition coefficient (Wildman–Crippen LogP) is 2.15. The van der Waals surface area contributed by atoms with Crippen molar-refractivity contribution in [3.05, 3.63) is 47.8 Å². The molecule has 1 amide bonds. The van der Waals surface area contributed by atoms with Crippen molar-refractivity contribution in [2.24, 2.45) is 7.05 Å². The number of hydrogen-bond acceptors (Lipinski definition) is 4. The highest BCUT2D eigenvalue weighted by atomic mass is 32.2. The van der Waals surface area contributed by atoms with Gasteiger partial charge in [-0.3, -0.25) is 4.79 Å². The van der Waals surface area contributed by atoms with E-state index in [0.717, 1.165) is 19.3 Å². The number of nitrogens with zero attached hydrogens (tertiary/aromatic N) is 2. The largest absolute Gasteiger partial charge is 0.478 e. The van der Waals surface area contributed by atoms with Crippen molar-refractivity contribution in [3.63, 3.8) is 0 Å². The zero-order chi connectivity index (χ0) is 19.6. The van der Waals surface area contributed by atoms with Crippen LogP contribution in [0, 0.1) is 0 Å². The third-order valence-corrected chi connectivity index (χ3v) is 6.42. The Morgan fingerprint density at radius 2 is 1.70 bits per heavy atom. The van der Waals surface area contributed by atoms with Crippen LogP contribution < -0.4 is 5.32 Å². The normalized spacial score (nSPS) is 15.4. The van der Waals surface area contributed by atoms with Crippen LogP contribution in [0.25, 0.3) is 0 Å². The van der Waals surface area contributed by atoms with Gasteiger partial charge in [-0.05, 0) is 43.2 Å². The fourth-order valence-corrected chi connectivity index (χ4v) is 4.64. The summed E-state index contributed by atoms with van der Waals surface area (Å²) >= 11 is 0. The van der Waals surface area contributed by atoms with Crippen LogP contribution >= 0.6 is 0 Å². The summed E-state index contributed by atoms with van der Waals surface area (Å²) in [5, 5.41) is 11.6. The molecule has 1 aliphatic rings. The highest BCUT2D eigenvalue weighted by Gasteiger charge is 2.28. The zero-order valence-electron chi connectivity index (χ0n) is 14.9. The number of aromatic nitrogens is 1. The van der Waals surface area contributed by atoms with E-state index in [2.05, 4.69) is 5.32 Å². The number of sulfonamides is 1. The molecule has 0 radical (unpaired) electrons. The van der Waals surface area contributed by atoms with Crippen LogP contribution in [0.15, 0.2) is 41.4 Å². The van der Waals surface area contributed by atoms with Gasteiger partial charge in [0.25, 0.3) is 5.91 Å². The highest BCUT2D eigenvalue weighted by molar-refractivity contribution is 7.89. The Kier molecular flexibility index (Phi) is 5.33. The fraction of sp³-hybridized carbons (Fsp3) is 0.333. The first-order chi connectivity index (χ1) is 12.8. The van der Waals surface area contributed by atoms with Gasteiger partial charge in [-0.25, -0.2) is 13.2 Å². The van der Waals surface area contributed by atoms with Gasteiger partial charge >= 0.3 is 5.97 Å². The number of aryl methyl sites for hydroxylation is 1. The van der Waals surface area contributed by atoms with Crippen molar-refractivity contribution < 1.29 is 23.1 Å². The van der Waals surface area contributed by atoms with Crippen LogP contribution in [-0.2, 0) is 17.1 Å². The highest BCUT2D eigenvalue weighted by Crippen LogP contribution is 2.23. The quantitative estimate of drug-likeness (QED) is 0.812. The van der Waals surface area contributed by atoms with E-state index in [0.29, 0.717) is 18.8 Å². The molecule has 1 saturated heterocycles. The maximum atomic E-state index is 12.8. The summed E-state index contributed by atoms with van der Waals surface area (Å²) in [5.74, 6) is -1.52. The summed E-state index contributed by atoms with van der Waals surface area (Å²) in [6.45, 7) is 0.989. The molecule has 9 heteroatoms. The number of piperidine rings is 1. The average molecular weight is 391 g/mol. The SMILES string of the molecule is Cn1cc(S(=O)(=O)N2CCCCC2)cc1C(=O)Nc1ccc(C(=O)O)cc1. The molecule has 2 aromatic rings. The lowest BCUT2D eigenvalue weighted by atomic mass is 10.2. The Labute approximate surface area is 157 Å². The molecule has 1 aliphatic heterocycles. The van der Waals surface area contributed by atoms with E-state index < -0.39 is 21.9 Å². The molecular formula is C18H21N3O5S. The molecule has 1 aromatic heterocycles. The minimum Gasteiger partial charge on any atom is -0.478 e. The third kappa shape index (κ3) is 4.04. The van der Waals surface area contributed by atoms with Crippen LogP contribution in [0.5, 0.6) is 0 Å². The van der Waals surface area contributed by atoms with Gasteiger partial charge in [-0.1, -0.05) is 6.42 Å². The summed E-state index contributed by atoms with van der Waals surface area (Å²) in [4.78, 5) is 23.5. The summed E-state index contributed by atoms with van der Waals surface area (Å²) < 4.78 is 28.4. The van der Waals surface area contributed by atoms with Crippen LogP contribution in [0.3, 0.4) is 0 Å². The second-order valence-electron chi connectivity index (χ2n) is 6.47. The van der Waals surface area contributed by atoms with Gasteiger partial charge in [-0.2, -0.15) is 4.31 Å². The minimum atomic E-state index is -3.62. The number of benzene rings is 1. The van der Waals surface area contributed by atoms with Crippen molar-refractivity contribution in [2.75, 3.05) is 18.4 Å². The van der Waals surface area contributed by atoms with E-state index in [4.69, 9.17) is 5.11 Å². The molecule has 0 bridgehead atoms. The number of carboxylic acid groups (broad SMARTS) is 1. The fourth-order valence-electron chi connectivity index (χ4n) is 3.05. The standard InChI is InChI=1S/C18H21N3O5S/c1-20-12-15(27(25,26)21-9-3-2-4-10-21)11-16(20)17(22)19-14-7-5-13(6-8-14)18(23)24/h5-8,11-12H,2-4,9-10H2,1H3,(H,19,22)(H,23,24). The Hall–Kier alpha value is -2.65. The molecule has 0 spiro atoms. The van der Waals surface area contributed by atoms with Gasteiger partial charge in [0.1, 0.15) is 10.6 Å². The monoisotopic (exact) mass is 391 g/mol. The molecule has 8 nitrogen and oxygen atoms in total. The number of nitrogens with one attached hydrogen (secondary N) is 1. The van der Waals surface area contributed by atoms with Crippen molar-refractivity contribution in [1.29, 1.82) is 0 Å². The summed E-state index contributed by atoms with van der Waals surface area (Å²) in [6.07, 6.45) is 4.14. The molecule has 0 saturated carbocycles. The topological polar surface area (TPSA) is 109 Å². The van der Waals surface area contributed by atoms with Gasteiger partial charge in [-0.15, -0.1) is 0 Å². The number of carbonyl (C=O) groups is 2. The number of anilines is 1. The maximum absolute atomic E-state index is 12.8. The molecule has 2 N–H and O–H groups in total. The van der Waals surface area contributed by atoms with Crippen molar-refractivity contribution >= 4 is 27.6 Å². The number of carbonyl (C=O) groups excluding carboxylic acids is 1. The number of aromatic carboxylic acids is 1. The lowest BCUT2D eigenvalue weighted by molar-refractivity contribution is 0.0696. The molecule has 3 rings (SSSR count). The first kappa shape index (κ1) is 19.1. The molecule has 1 aromatic carbocycles. The lowest BCUT2D eigenvalue weighted by Gasteiger charge is -2.25. The Morgan fingerprint density at radius 3 is 2.30 bits per heavy atom. The Morgan fingerprint density at radius 1 is 1.07 bits per heavy atom. The van der Waals surface area contributed by atoms with E-state index in [1.165, 1.54) is 45.4 Å². The van der Waals surface area contributed by atoms with Gasteiger partial charge in [0.05, 0.1) is 5.56 Å². The van der Waals surface area contributed by atoms with E-state index in [-0.39, 0.29) is 16.2 Å². The molecule has 27 heavy (non-hydrogen) atoms. The maximum Gasteiger partial charge on any atom is 0.335 e. The van der Waals surface area contributed by atoms with Crippen LogP contribution in [-0.4, -0.2) is 47.4 Å². The third-order valence-electron chi connectivity index (χ3n) is 4.56. The van der Waals surface area contributed by atoms with Gasteiger partial charge in [0, 0.05) is 32.0 Å². The molecule has 144 valence electrons. The predicted molar refractivity (Wildman–Crippen MR) is 99.4 cm³/mol. The van der Waals surface area contributed by atoms with Crippen molar-refractivity contribution in [1.82, 2.24) is 8.87 Å². The molecular weight excluding hydrogens is 370 g/mol. The van der Waals surface area contributed by atoms with E-state index in [1.807, 2.05) is 0 Å². The van der Waals surface area contributed by atoms with Gasteiger partial charge < -0.3 is 15.0 Å². The Balaban J connectivity index is 1.79. The van der Waals surface area contributed by atoms with E-state index in [9.17, 15) is 18.0 Å². The second kappa shape index (κ2) is 7.53. The molecule has 2 heterocycles. The second-order valence-corrected chi connectivity index (χ2v) is 8.41. The summed E-state index contributed by atoms with van der Waals surface area (Å²) in [7, 11) is -2.01. The molecule has 0 atom stereocenters. The van der Waals surface area contributed by atoms with Crippen LogP contribution in [0.1, 0.15) is 40.1 Å². The van der Waals surface area contributed by atoms with Gasteiger partial charge in [0.2, 0.25) is 10.0 Å². The number of rotatable bonds is 5. The average Bonchev–Trinajstić information content (AvgIpc) is 3.05. The number of hydrogen-bond donors (Lipinski definition) is 2.